The van der Waals surface area contributed by atoms with Crippen LogP contribution in [-0.4, -0.2) is 9.78 Å². The lowest BCUT2D eigenvalue weighted by Crippen LogP contribution is -2.09. The number of anilines is 1. The van der Waals surface area contributed by atoms with E-state index in [1.807, 2.05) is 6.07 Å². The van der Waals surface area contributed by atoms with Crippen LogP contribution in [0.25, 0.3) is 0 Å². The molecule has 2 aromatic rings. The number of hydrogen-bond donors (Lipinski definition) is 1. The van der Waals surface area contributed by atoms with Crippen LogP contribution in [0.5, 0.6) is 0 Å². The van der Waals surface area contributed by atoms with Gasteiger partial charge in [0, 0.05) is 16.6 Å². The zero-order valence-electron chi connectivity index (χ0n) is 12.7. The molecule has 0 aliphatic carbocycles. The predicted octanol–water partition coefficient (Wildman–Crippen LogP) is 5.02. The molecule has 1 heterocycles. The number of nitrogens with zero attached hydrogens (tertiary/aromatic N) is 2. The maximum atomic E-state index is 4.62. The second kappa shape index (κ2) is 6.00. The van der Waals surface area contributed by atoms with Crippen molar-refractivity contribution in [2.24, 2.45) is 0 Å². The van der Waals surface area contributed by atoms with Gasteiger partial charge in [0.2, 0.25) is 0 Å². The molecule has 0 saturated heterocycles. The molecule has 4 heteroatoms. The zero-order chi connectivity index (χ0) is 14.9. The third kappa shape index (κ3) is 2.90. The van der Waals surface area contributed by atoms with Crippen LogP contribution in [0.2, 0.25) is 0 Å². The van der Waals surface area contributed by atoms with Gasteiger partial charge in [-0.3, -0.25) is 4.68 Å². The lowest BCUT2D eigenvalue weighted by atomic mass is 10.1. The van der Waals surface area contributed by atoms with Crippen LogP contribution in [0.1, 0.15) is 49.8 Å². The molecule has 108 valence electrons. The summed E-state index contributed by atoms with van der Waals surface area (Å²) in [6, 6.07) is 8.92. The summed E-state index contributed by atoms with van der Waals surface area (Å²) in [4.78, 5) is 0. The van der Waals surface area contributed by atoms with Gasteiger partial charge in [0.25, 0.3) is 0 Å². The lowest BCUT2D eigenvalue weighted by molar-refractivity contribution is 0.516. The molecule has 0 bridgehead atoms. The fourth-order valence-electron chi connectivity index (χ4n) is 2.50. The fraction of sp³-hybridized carbons (Fsp3) is 0.438. The lowest BCUT2D eigenvalue weighted by Gasteiger charge is -2.18. The molecular formula is C16H22BrN3. The van der Waals surface area contributed by atoms with Crippen molar-refractivity contribution < 1.29 is 0 Å². The summed E-state index contributed by atoms with van der Waals surface area (Å²) in [5, 5.41) is 8.22. The van der Waals surface area contributed by atoms with Crippen LogP contribution in [0, 0.1) is 13.8 Å². The van der Waals surface area contributed by atoms with Gasteiger partial charge in [0.1, 0.15) is 0 Å². The first-order chi connectivity index (χ1) is 9.41. The number of aryl methyl sites for hydroxylation is 1. The van der Waals surface area contributed by atoms with E-state index in [4.69, 9.17) is 0 Å². The number of rotatable bonds is 4. The van der Waals surface area contributed by atoms with Crippen molar-refractivity contribution in [1.82, 2.24) is 9.78 Å². The molecule has 20 heavy (non-hydrogen) atoms. The van der Waals surface area contributed by atoms with Gasteiger partial charge >= 0.3 is 0 Å². The van der Waals surface area contributed by atoms with E-state index < -0.39 is 0 Å². The summed E-state index contributed by atoms with van der Waals surface area (Å²) in [6.07, 6.45) is 0. The van der Waals surface area contributed by atoms with Gasteiger partial charge in [-0.2, -0.15) is 5.10 Å². The van der Waals surface area contributed by atoms with Crippen molar-refractivity contribution in [3.8, 4) is 0 Å². The third-order valence-electron chi connectivity index (χ3n) is 3.55. The second-order valence-electron chi connectivity index (χ2n) is 5.47. The average molecular weight is 336 g/mol. The minimum absolute atomic E-state index is 0.229. The number of halogens is 1. The zero-order valence-corrected chi connectivity index (χ0v) is 14.3. The van der Waals surface area contributed by atoms with Gasteiger partial charge in [-0.05, 0) is 46.2 Å². The Morgan fingerprint density at radius 2 is 1.80 bits per heavy atom. The van der Waals surface area contributed by atoms with Crippen LogP contribution in [0.4, 0.5) is 5.69 Å². The molecule has 2 rings (SSSR count). The molecule has 1 aromatic carbocycles. The van der Waals surface area contributed by atoms with Crippen LogP contribution >= 0.6 is 15.9 Å². The van der Waals surface area contributed by atoms with E-state index >= 15 is 0 Å². The summed E-state index contributed by atoms with van der Waals surface area (Å²) in [6.45, 7) is 10.7. The Hall–Kier alpha value is -1.29. The quantitative estimate of drug-likeness (QED) is 0.850. The first-order valence-electron chi connectivity index (χ1n) is 6.98. The summed E-state index contributed by atoms with van der Waals surface area (Å²) in [5.74, 6) is 0. The SMILES string of the molecule is Cc1nn(C(C)C)c(C)c1NC(C)c1ccccc1Br. The standard InChI is InChI=1S/C16H22BrN3/c1-10(2)20-13(5)16(12(4)19-20)18-11(3)14-8-6-7-9-15(14)17/h6-11,18H,1-5H3. The third-order valence-corrected chi connectivity index (χ3v) is 4.27. The van der Waals surface area contributed by atoms with Gasteiger partial charge in [-0.25, -0.2) is 0 Å². The Kier molecular flexibility index (Phi) is 4.53. The van der Waals surface area contributed by atoms with Crippen LogP contribution in [0.15, 0.2) is 28.7 Å². The van der Waals surface area contributed by atoms with Gasteiger partial charge in [-0.15, -0.1) is 0 Å². The Bertz CT molecular complexity index is 602. The predicted molar refractivity (Wildman–Crippen MR) is 88.3 cm³/mol. The number of nitrogens with one attached hydrogen (secondary N) is 1. The van der Waals surface area contributed by atoms with Crippen molar-refractivity contribution in [1.29, 1.82) is 0 Å². The van der Waals surface area contributed by atoms with Crippen molar-refractivity contribution >= 4 is 21.6 Å². The Labute approximate surface area is 129 Å². The molecule has 1 N–H and O–H groups in total. The highest BCUT2D eigenvalue weighted by Gasteiger charge is 2.16. The van der Waals surface area contributed by atoms with E-state index in [2.05, 4.69) is 83.8 Å². The summed E-state index contributed by atoms with van der Waals surface area (Å²) >= 11 is 3.61. The largest absolute Gasteiger partial charge is 0.376 e. The van der Waals surface area contributed by atoms with Gasteiger partial charge in [0.05, 0.1) is 17.1 Å². The van der Waals surface area contributed by atoms with Gasteiger partial charge in [-0.1, -0.05) is 34.1 Å². The molecule has 0 radical (unpaired) electrons. The number of benzene rings is 1. The molecule has 1 unspecified atom stereocenters. The molecule has 0 aliphatic heterocycles. The molecule has 0 aliphatic rings. The Balaban J connectivity index is 2.29. The Morgan fingerprint density at radius 3 is 2.35 bits per heavy atom. The molecule has 0 amide bonds. The van der Waals surface area contributed by atoms with E-state index in [1.54, 1.807) is 0 Å². The minimum Gasteiger partial charge on any atom is -0.376 e. The molecule has 0 spiro atoms. The highest BCUT2D eigenvalue weighted by molar-refractivity contribution is 9.10. The van der Waals surface area contributed by atoms with E-state index in [0.29, 0.717) is 6.04 Å². The molecule has 1 aromatic heterocycles. The number of hydrogen-bond acceptors (Lipinski definition) is 2. The fourth-order valence-corrected chi connectivity index (χ4v) is 3.12. The van der Waals surface area contributed by atoms with Gasteiger partial charge < -0.3 is 5.32 Å². The molecule has 0 saturated carbocycles. The smallest absolute Gasteiger partial charge is 0.0828 e. The molecule has 1 atom stereocenters. The first kappa shape index (κ1) is 15.1. The molecule has 0 fully saturated rings. The first-order valence-corrected chi connectivity index (χ1v) is 7.77. The van der Waals surface area contributed by atoms with E-state index in [0.717, 1.165) is 15.9 Å². The topological polar surface area (TPSA) is 29.9 Å². The minimum atomic E-state index is 0.229. The normalized spacial score (nSPS) is 12.8. The maximum Gasteiger partial charge on any atom is 0.0828 e. The van der Waals surface area contributed by atoms with E-state index in [9.17, 15) is 0 Å². The Morgan fingerprint density at radius 1 is 1.15 bits per heavy atom. The van der Waals surface area contributed by atoms with Crippen LogP contribution in [0.3, 0.4) is 0 Å². The second-order valence-corrected chi connectivity index (χ2v) is 6.33. The maximum absolute atomic E-state index is 4.62. The monoisotopic (exact) mass is 335 g/mol. The number of aromatic nitrogens is 2. The molecular weight excluding hydrogens is 314 g/mol. The summed E-state index contributed by atoms with van der Waals surface area (Å²) in [7, 11) is 0. The molecule has 3 nitrogen and oxygen atoms in total. The highest BCUT2D eigenvalue weighted by Crippen LogP contribution is 2.29. The van der Waals surface area contributed by atoms with E-state index in [-0.39, 0.29) is 6.04 Å². The van der Waals surface area contributed by atoms with E-state index in [1.165, 1.54) is 11.3 Å². The van der Waals surface area contributed by atoms with Crippen molar-refractivity contribution in [3.05, 3.63) is 45.7 Å². The van der Waals surface area contributed by atoms with Crippen molar-refractivity contribution in [2.75, 3.05) is 5.32 Å². The van der Waals surface area contributed by atoms with Crippen molar-refractivity contribution in [2.45, 2.75) is 46.7 Å². The average Bonchev–Trinajstić information content (AvgIpc) is 2.67. The highest BCUT2D eigenvalue weighted by atomic mass is 79.9. The van der Waals surface area contributed by atoms with Crippen LogP contribution < -0.4 is 5.32 Å². The van der Waals surface area contributed by atoms with Crippen molar-refractivity contribution in [3.63, 3.8) is 0 Å². The summed E-state index contributed by atoms with van der Waals surface area (Å²) < 4.78 is 3.20. The summed E-state index contributed by atoms with van der Waals surface area (Å²) in [5.41, 5.74) is 4.64. The van der Waals surface area contributed by atoms with Crippen LogP contribution in [-0.2, 0) is 0 Å². The van der Waals surface area contributed by atoms with Gasteiger partial charge in [0.15, 0.2) is 0 Å².